The highest BCUT2D eigenvalue weighted by atomic mass is 35.5. The zero-order valence-corrected chi connectivity index (χ0v) is 76.5. The van der Waals surface area contributed by atoms with Crippen LogP contribution in [-0.2, 0) is 0 Å². The molecule has 0 aliphatic carbocycles. The number of nitrogens with two attached hydrogens (primary N) is 1. The Morgan fingerprint density at radius 2 is 0.641 bits per heavy atom. The van der Waals surface area contributed by atoms with Gasteiger partial charge < -0.3 is 60.9 Å². The third-order valence-corrected chi connectivity index (χ3v) is 27.6. The van der Waals surface area contributed by atoms with Crippen LogP contribution in [0.5, 0.6) is 5.88 Å². The Morgan fingerprint density at radius 3 is 0.977 bits per heavy atom. The number of hydrogen-bond donors (Lipinski definition) is 11. The molecule has 0 radical (unpaired) electrons. The lowest BCUT2D eigenvalue weighted by atomic mass is 10.0. The highest BCUT2D eigenvalue weighted by Crippen LogP contribution is 2.49. The molecule has 656 valence electrons. The molecule has 5 atom stereocenters. The first-order chi connectivity index (χ1) is 63.6. The standard InChI is InChI=1S/C20H16ClN3O2S.C19H13Cl2N3OS.2C19H13ClFN3OS.C18H14ClN5OS/c1-26-17-10-13(6-7-22-17)16-11-15(19(27-16)20-23-8-9-24-20)18(25)12-2-4-14(21)5-3-12;20-12-3-1-11(2-4-12)17(25)14-9-16(13-5-6-22-10-15(13)21)26-18(14)19-23-7-8-24-19;20-13-3-1-11(2-4-13)17(25)14-10-15(12-5-6-22-16(21)9-12)26-18(14)19-23-7-8-24-19;20-12-3-1-11(2-4-12)17(25)14-9-16(13-5-6-22-10-15(13)21)26-18(14)19-23-7-8-24-19;19-11-3-1-10(2-4-11)15(25)12-9-14(13-5-6-23-18(20)24-13)26-16(12)17-21-7-8-22-17/h2-11,18,25H,1H3,(H,23,24);3*1-10,17,25H,(H,23,24);1-9,15,25H,(H,21,22)(H2,20,23,24). The fourth-order valence-corrected chi connectivity index (χ4v) is 20.3. The predicted molar refractivity (Wildman–Crippen MR) is 517 cm³/mol. The monoisotopic (exact) mass is 1950 g/mol. The van der Waals surface area contributed by atoms with Crippen LogP contribution in [0.3, 0.4) is 0 Å². The summed E-state index contributed by atoms with van der Waals surface area (Å²) >= 11 is 43.4. The number of rotatable bonds is 21. The molecule has 0 aliphatic heterocycles. The van der Waals surface area contributed by atoms with Crippen LogP contribution in [0, 0.1) is 11.8 Å². The second-order valence-electron chi connectivity index (χ2n) is 28.4. The molecule has 0 saturated heterocycles. The third kappa shape index (κ3) is 22.0. The van der Waals surface area contributed by atoms with Crippen molar-refractivity contribution in [2.45, 2.75) is 30.5 Å². The summed E-state index contributed by atoms with van der Waals surface area (Å²) in [6, 6.07) is 57.1. The summed E-state index contributed by atoms with van der Waals surface area (Å²) in [7, 11) is 1.59. The minimum atomic E-state index is -0.887. The molecule has 12 N–H and O–H groups in total. The number of halogens is 8. The predicted octanol–water partition coefficient (Wildman–Crippen LogP) is 24.6. The quantitative estimate of drug-likeness (QED) is 0.0298. The van der Waals surface area contributed by atoms with Crippen molar-refractivity contribution < 1.29 is 39.1 Å². The third-order valence-electron chi connectivity index (χ3n) is 20.0. The SMILES string of the molecule is COc1cc(-c2cc(C(O)c3ccc(Cl)cc3)c(-c3ncc[nH]3)s2)ccn1.Nc1nccc(-c2cc(C(O)c3ccc(Cl)cc3)c(-c3ncc[nH]3)s2)n1.OC(c1ccc(Cl)cc1)c1cc(-c2ccnc(F)c2)sc1-c1ncc[nH]1.OC(c1ccc(Cl)cc1)c1cc(-c2ccncc2Cl)sc1-c1ncc[nH]1.OC(c1ccc(Cl)cc1)c1cc(-c2ccncc2F)sc1-c1ncc[nH]1. The number of nitrogen functional groups attached to an aromatic ring is 1. The van der Waals surface area contributed by atoms with E-state index in [-0.39, 0.29) is 5.95 Å². The number of pyridine rings is 4. The van der Waals surface area contributed by atoms with E-state index in [0.717, 1.165) is 94.2 Å². The van der Waals surface area contributed by atoms with Crippen LogP contribution < -0.4 is 10.5 Å². The summed E-state index contributed by atoms with van der Waals surface area (Å²) in [6.07, 6.45) is 23.6. The number of benzene rings is 5. The number of aliphatic hydroxyl groups excluding tert-OH is 5. The van der Waals surface area contributed by atoms with Gasteiger partial charge in [0.15, 0.2) is 0 Å². The van der Waals surface area contributed by atoms with Crippen molar-refractivity contribution >= 4 is 132 Å². The summed E-state index contributed by atoms with van der Waals surface area (Å²) < 4.78 is 32.9. The van der Waals surface area contributed by atoms with Gasteiger partial charge in [-0.3, -0.25) is 9.97 Å². The molecule has 5 aromatic carbocycles. The molecule has 36 heteroatoms. The highest BCUT2D eigenvalue weighted by molar-refractivity contribution is 7.20. The second-order valence-corrected chi connectivity index (χ2v) is 36.3. The highest BCUT2D eigenvalue weighted by Gasteiger charge is 2.29. The van der Waals surface area contributed by atoms with Gasteiger partial charge in [-0.15, -0.1) is 56.7 Å². The Morgan fingerprint density at radius 1 is 0.328 bits per heavy atom. The molecule has 20 rings (SSSR count). The average molecular weight is 1960 g/mol. The van der Waals surface area contributed by atoms with Gasteiger partial charge in [0.25, 0.3) is 0 Å². The summed E-state index contributed by atoms with van der Waals surface area (Å²) in [5, 5.41) is 58.4. The fraction of sp³-hybridized carbons (Fsp3) is 0.0632. The number of nitrogens with one attached hydrogen (secondary N) is 5. The maximum atomic E-state index is 14.2. The minimum absolute atomic E-state index is 0.204. The van der Waals surface area contributed by atoms with E-state index in [1.807, 2.05) is 66.7 Å². The number of aromatic nitrogens is 16. The van der Waals surface area contributed by atoms with E-state index in [1.165, 1.54) is 63.8 Å². The number of imidazole rings is 5. The van der Waals surface area contributed by atoms with E-state index >= 15 is 0 Å². The summed E-state index contributed by atoms with van der Waals surface area (Å²) in [4.78, 5) is 69.3. The molecule has 131 heavy (non-hydrogen) atoms. The van der Waals surface area contributed by atoms with Crippen LogP contribution in [-0.4, -0.2) is 112 Å². The summed E-state index contributed by atoms with van der Waals surface area (Å²) in [6.45, 7) is 0. The number of nitrogens with zero attached hydrogens (tertiary/aromatic N) is 11. The number of thiophene rings is 5. The molecule has 0 bridgehead atoms. The van der Waals surface area contributed by atoms with Crippen molar-refractivity contribution in [3.05, 3.63) is 397 Å². The molecule has 0 amide bonds. The molecule has 0 fully saturated rings. The first-order valence-electron chi connectivity index (χ1n) is 39.4. The van der Waals surface area contributed by atoms with E-state index in [4.69, 9.17) is 80.1 Å². The Bertz CT molecular complexity index is 6810. The molecule has 23 nitrogen and oxygen atoms in total. The lowest BCUT2D eigenvalue weighted by Crippen LogP contribution is -2.00. The largest absolute Gasteiger partial charge is 0.481 e. The van der Waals surface area contributed by atoms with Crippen molar-refractivity contribution in [1.82, 2.24) is 79.7 Å². The Hall–Kier alpha value is -12.7. The van der Waals surface area contributed by atoms with Crippen LogP contribution in [0.25, 0.3) is 106 Å². The van der Waals surface area contributed by atoms with Crippen LogP contribution in [0.15, 0.2) is 299 Å². The molecule has 15 heterocycles. The van der Waals surface area contributed by atoms with Gasteiger partial charge in [-0.25, -0.2) is 49.2 Å². The number of hydrogen-bond acceptors (Lipinski definition) is 23. The molecule has 0 spiro atoms. The first-order valence-corrected chi connectivity index (χ1v) is 45.8. The molecular weight excluding hydrogens is 1890 g/mol. The number of H-pyrrole nitrogens is 5. The second kappa shape index (κ2) is 42.5. The normalized spacial score (nSPS) is 12.2. The van der Waals surface area contributed by atoms with Gasteiger partial charge in [-0.2, -0.15) is 4.39 Å². The number of methoxy groups -OCH3 is 1. The number of anilines is 1. The minimum Gasteiger partial charge on any atom is -0.481 e. The van der Waals surface area contributed by atoms with Crippen molar-refractivity contribution in [3.8, 4) is 112 Å². The van der Waals surface area contributed by atoms with Crippen LogP contribution in [0.1, 0.15) is 86.2 Å². The van der Waals surface area contributed by atoms with Crippen LogP contribution in [0.4, 0.5) is 14.7 Å². The van der Waals surface area contributed by atoms with Gasteiger partial charge >= 0.3 is 0 Å². The van der Waals surface area contributed by atoms with Crippen molar-refractivity contribution in [3.63, 3.8) is 0 Å². The Labute approximate surface area is 796 Å². The molecule has 0 aliphatic rings. The molecule has 15 aromatic heterocycles. The molecular formula is C95H69Cl6F2N17O6S5. The first kappa shape index (κ1) is 91.6. The van der Waals surface area contributed by atoms with Crippen molar-refractivity contribution in [1.29, 1.82) is 0 Å². The Kier molecular flexibility index (Phi) is 29.7. The zero-order chi connectivity index (χ0) is 91.2. The summed E-state index contributed by atoms with van der Waals surface area (Å²) in [5.74, 6) is 3.17. The van der Waals surface area contributed by atoms with Gasteiger partial charge in [0.1, 0.15) is 65.5 Å². The molecule has 20 aromatic rings. The van der Waals surface area contributed by atoms with Crippen molar-refractivity contribution in [2.75, 3.05) is 12.8 Å². The smallest absolute Gasteiger partial charge is 0.220 e. The Balaban J connectivity index is 0.000000120. The van der Waals surface area contributed by atoms with E-state index in [2.05, 4.69) is 79.7 Å². The lowest BCUT2D eigenvalue weighted by molar-refractivity contribution is 0.221. The molecule has 5 unspecified atom stereocenters. The maximum absolute atomic E-state index is 14.2. The topological polar surface area (TPSA) is 357 Å². The average Bonchev–Trinajstić information content (AvgIpc) is 1.67. The van der Waals surface area contributed by atoms with E-state index in [0.29, 0.717) is 103 Å². The molecule has 0 saturated carbocycles. The van der Waals surface area contributed by atoms with Gasteiger partial charge in [0.2, 0.25) is 17.8 Å². The van der Waals surface area contributed by atoms with E-state index in [9.17, 15) is 34.3 Å². The fourth-order valence-electron chi connectivity index (χ4n) is 13.6. The maximum Gasteiger partial charge on any atom is 0.220 e. The van der Waals surface area contributed by atoms with Gasteiger partial charge in [-0.1, -0.05) is 130 Å². The number of aromatic amines is 5. The van der Waals surface area contributed by atoms with Gasteiger partial charge in [0.05, 0.1) is 53.3 Å². The number of aliphatic hydroxyl groups is 5. The van der Waals surface area contributed by atoms with Crippen molar-refractivity contribution in [2.24, 2.45) is 0 Å². The lowest BCUT2D eigenvalue weighted by Gasteiger charge is -2.11. The zero-order valence-electron chi connectivity index (χ0n) is 67.9. The van der Waals surface area contributed by atoms with E-state index < -0.39 is 42.3 Å². The number of ether oxygens (including phenoxy) is 1. The van der Waals surface area contributed by atoms with Crippen LogP contribution in [0.2, 0.25) is 30.1 Å². The van der Waals surface area contributed by atoms with Crippen LogP contribution >= 0.6 is 126 Å². The van der Waals surface area contributed by atoms with E-state index in [1.54, 1.807) is 233 Å². The summed E-state index contributed by atoms with van der Waals surface area (Å²) in [5.41, 5.74) is 16.7. The van der Waals surface area contributed by atoms with Gasteiger partial charge in [0, 0.05) is 195 Å². The van der Waals surface area contributed by atoms with Gasteiger partial charge in [-0.05, 0) is 160 Å².